The van der Waals surface area contributed by atoms with Gasteiger partial charge < -0.3 is 19.5 Å². The van der Waals surface area contributed by atoms with Crippen LogP contribution in [-0.4, -0.2) is 54.2 Å². The van der Waals surface area contributed by atoms with Crippen LogP contribution in [0.5, 0.6) is 5.75 Å². The third-order valence-electron chi connectivity index (χ3n) is 4.37. The van der Waals surface area contributed by atoms with Crippen LogP contribution in [0.2, 0.25) is 0 Å². The molecule has 2 heterocycles. The highest BCUT2D eigenvalue weighted by Gasteiger charge is 2.16. The van der Waals surface area contributed by atoms with Crippen LogP contribution in [-0.2, 0) is 6.54 Å². The van der Waals surface area contributed by atoms with E-state index in [0.717, 1.165) is 44.3 Å². The number of aromatic nitrogens is 2. The van der Waals surface area contributed by atoms with E-state index < -0.39 is 0 Å². The monoisotopic (exact) mass is 339 g/mol. The second-order valence-electron chi connectivity index (χ2n) is 5.93. The number of benzene rings is 1. The minimum absolute atomic E-state index is 0.825. The van der Waals surface area contributed by atoms with Crippen molar-refractivity contribution in [2.45, 2.75) is 13.0 Å². The highest BCUT2D eigenvalue weighted by molar-refractivity contribution is 5.81. The molecule has 0 saturated heterocycles. The molecule has 132 valence electrons. The Morgan fingerprint density at radius 3 is 3.00 bits per heavy atom. The Hall–Kier alpha value is -2.76. The quantitative estimate of drug-likeness (QED) is 0.671. The lowest BCUT2D eigenvalue weighted by molar-refractivity contribution is 0.414. The molecule has 0 saturated carbocycles. The molecule has 2 aromatic rings. The Balaban J connectivity index is 1.56. The standard InChI is InChI=1S/C19H25N5O/c1-20-19(22-9-13-23-12-8-21-15-23)24-10-6-16(7-11-24)17-4-3-5-18(14-17)25-2/h3-6,8,12,14-15H,7,9-11,13H2,1-2H3,(H,20,22). The number of hydrogen-bond donors (Lipinski definition) is 1. The summed E-state index contributed by atoms with van der Waals surface area (Å²) in [4.78, 5) is 10.7. The zero-order valence-corrected chi connectivity index (χ0v) is 14.9. The Morgan fingerprint density at radius 1 is 1.40 bits per heavy atom. The summed E-state index contributed by atoms with van der Waals surface area (Å²) in [5.74, 6) is 1.85. The van der Waals surface area contributed by atoms with Crippen molar-refractivity contribution in [3.05, 3.63) is 54.6 Å². The third-order valence-corrected chi connectivity index (χ3v) is 4.37. The van der Waals surface area contributed by atoms with Crippen molar-refractivity contribution in [3.63, 3.8) is 0 Å². The van der Waals surface area contributed by atoms with Gasteiger partial charge in [-0.3, -0.25) is 4.99 Å². The zero-order valence-electron chi connectivity index (χ0n) is 14.9. The van der Waals surface area contributed by atoms with E-state index in [1.54, 1.807) is 13.3 Å². The highest BCUT2D eigenvalue weighted by Crippen LogP contribution is 2.25. The van der Waals surface area contributed by atoms with Gasteiger partial charge in [0, 0.05) is 45.6 Å². The molecule has 0 radical (unpaired) electrons. The van der Waals surface area contributed by atoms with Crippen molar-refractivity contribution in [1.82, 2.24) is 19.8 Å². The molecule has 0 amide bonds. The molecule has 1 aromatic carbocycles. The number of nitrogens with one attached hydrogen (secondary N) is 1. The average molecular weight is 339 g/mol. The Labute approximate surface area is 148 Å². The molecule has 1 aliphatic rings. The first-order chi connectivity index (χ1) is 12.3. The maximum atomic E-state index is 5.32. The number of aliphatic imine (C=N–C) groups is 1. The Bertz CT molecular complexity index is 736. The van der Waals surface area contributed by atoms with Gasteiger partial charge in [0.15, 0.2) is 5.96 Å². The van der Waals surface area contributed by atoms with Crippen molar-refractivity contribution in [1.29, 1.82) is 0 Å². The van der Waals surface area contributed by atoms with Gasteiger partial charge in [-0.1, -0.05) is 18.2 Å². The van der Waals surface area contributed by atoms with Crippen LogP contribution in [0, 0.1) is 0 Å². The molecule has 0 unspecified atom stereocenters. The van der Waals surface area contributed by atoms with Crippen LogP contribution in [0.25, 0.3) is 5.57 Å². The minimum Gasteiger partial charge on any atom is -0.497 e. The van der Waals surface area contributed by atoms with Crippen LogP contribution < -0.4 is 10.1 Å². The van der Waals surface area contributed by atoms with E-state index in [9.17, 15) is 0 Å². The fraction of sp³-hybridized carbons (Fsp3) is 0.368. The highest BCUT2D eigenvalue weighted by atomic mass is 16.5. The van der Waals surface area contributed by atoms with Gasteiger partial charge >= 0.3 is 0 Å². The average Bonchev–Trinajstić information content (AvgIpc) is 3.19. The van der Waals surface area contributed by atoms with E-state index in [4.69, 9.17) is 4.74 Å². The van der Waals surface area contributed by atoms with Gasteiger partial charge in [-0.05, 0) is 29.7 Å². The molecule has 1 aromatic heterocycles. The van der Waals surface area contributed by atoms with Crippen LogP contribution >= 0.6 is 0 Å². The second kappa shape index (κ2) is 8.37. The van der Waals surface area contributed by atoms with Crippen molar-refractivity contribution in [3.8, 4) is 5.75 Å². The van der Waals surface area contributed by atoms with Crippen molar-refractivity contribution in [2.24, 2.45) is 4.99 Å². The number of rotatable bonds is 5. The van der Waals surface area contributed by atoms with Crippen molar-refractivity contribution in [2.75, 3.05) is 33.8 Å². The van der Waals surface area contributed by atoms with Gasteiger partial charge in [0.25, 0.3) is 0 Å². The smallest absolute Gasteiger partial charge is 0.194 e. The first-order valence-corrected chi connectivity index (χ1v) is 8.55. The van der Waals surface area contributed by atoms with Crippen LogP contribution in [0.4, 0.5) is 0 Å². The van der Waals surface area contributed by atoms with Gasteiger partial charge in [0.05, 0.1) is 13.4 Å². The summed E-state index contributed by atoms with van der Waals surface area (Å²) in [6.45, 7) is 3.51. The zero-order chi connectivity index (χ0) is 17.5. The Kier molecular flexibility index (Phi) is 5.72. The molecule has 0 fully saturated rings. The van der Waals surface area contributed by atoms with Gasteiger partial charge in [-0.2, -0.15) is 0 Å². The maximum absolute atomic E-state index is 5.32. The van der Waals surface area contributed by atoms with Gasteiger partial charge in [0.2, 0.25) is 0 Å². The van der Waals surface area contributed by atoms with E-state index in [1.165, 1.54) is 11.1 Å². The number of nitrogens with zero attached hydrogens (tertiary/aromatic N) is 4. The number of methoxy groups -OCH3 is 1. The molecular formula is C19H25N5O. The lowest BCUT2D eigenvalue weighted by Crippen LogP contribution is -2.44. The molecule has 6 nitrogen and oxygen atoms in total. The molecule has 1 N–H and O–H groups in total. The van der Waals surface area contributed by atoms with Crippen molar-refractivity contribution >= 4 is 11.5 Å². The van der Waals surface area contributed by atoms with E-state index in [1.807, 2.05) is 31.7 Å². The van der Waals surface area contributed by atoms with E-state index >= 15 is 0 Å². The van der Waals surface area contributed by atoms with Crippen LogP contribution in [0.3, 0.4) is 0 Å². The number of guanidine groups is 1. The fourth-order valence-electron chi connectivity index (χ4n) is 2.99. The summed E-state index contributed by atoms with van der Waals surface area (Å²) in [7, 11) is 3.54. The maximum Gasteiger partial charge on any atom is 0.194 e. The predicted octanol–water partition coefficient (Wildman–Crippen LogP) is 2.26. The Morgan fingerprint density at radius 2 is 2.32 bits per heavy atom. The lowest BCUT2D eigenvalue weighted by Gasteiger charge is -2.30. The molecule has 25 heavy (non-hydrogen) atoms. The first-order valence-electron chi connectivity index (χ1n) is 8.55. The number of imidazole rings is 1. The van der Waals surface area contributed by atoms with Crippen LogP contribution in [0.15, 0.2) is 54.1 Å². The predicted molar refractivity (Wildman–Crippen MR) is 101 cm³/mol. The van der Waals surface area contributed by atoms with E-state index in [-0.39, 0.29) is 0 Å². The summed E-state index contributed by atoms with van der Waals surface area (Å²) in [5.41, 5.74) is 2.60. The molecule has 0 bridgehead atoms. The van der Waals surface area contributed by atoms with Gasteiger partial charge in [-0.25, -0.2) is 4.98 Å². The van der Waals surface area contributed by atoms with Gasteiger partial charge in [-0.15, -0.1) is 0 Å². The second-order valence-corrected chi connectivity index (χ2v) is 5.93. The third kappa shape index (κ3) is 4.41. The number of hydrogen-bond acceptors (Lipinski definition) is 3. The molecule has 6 heteroatoms. The first kappa shape index (κ1) is 17.1. The molecular weight excluding hydrogens is 314 g/mol. The minimum atomic E-state index is 0.825. The summed E-state index contributed by atoms with van der Waals surface area (Å²) >= 11 is 0. The summed E-state index contributed by atoms with van der Waals surface area (Å²) in [6, 6.07) is 8.26. The summed E-state index contributed by atoms with van der Waals surface area (Å²) < 4.78 is 7.38. The normalized spacial score (nSPS) is 15.0. The van der Waals surface area contributed by atoms with Crippen LogP contribution in [0.1, 0.15) is 12.0 Å². The SMILES string of the molecule is CN=C(NCCn1ccnc1)N1CC=C(c2cccc(OC)c2)CC1. The summed E-state index contributed by atoms with van der Waals surface area (Å²) in [6.07, 6.45) is 8.86. The fourth-order valence-corrected chi connectivity index (χ4v) is 2.99. The molecule has 1 aliphatic heterocycles. The molecule has 0 spiro atoms. The summed E-state index contributed by atoms with van der Waals surface area (Å²) in [5, 5.41) is 3.43. The van der Waals surface area contributed by atoms with Gasteiger partial charge in [0.1, 0.15) is 5.75 Å². The molecule has 3 rings (SSSR count). The number of ether oxygens (including phenoxy) is 1. The lowest BCUT2D eigenvalue weighted by atomic mass is 9.99. The topological polar surface area (TPSA) is 54.7 Å². The van der Waals surface area contributed by atoms with E-state index in [0.29, 0.717) is 0 Å². The van der Waals surface area contributed by atoms with Crippen molar-refractivity contribution < 1.29 is 4.74 Å². The van der Waals surface area contributed by atoms with E-state index in [2.05, 4.69) is 43.0 Å². The molecule has 0 atom stereocenters. The molecule has 0 aliphatic carbocycles. The largest absolute Gasteiger partial charge is 0.497 e.